The van der Waals surface area contributed by atoms with E-state index in [0.29, 0.717) is 5.41 Å². The molecular formula is C12H22BrNO. The van der Waals surface area contributed by atoms with Crippen LogP contribution in [0, 0.1) is 5.41 Å². The first-order valence-electron chi connectivity index (χ1n) is 5.99. The summed E-state index contributed by atoms with van der Waals surface area (Å²) in [5, 5.41) is 3.06. The van der Waals surface area contributed by atoms with Crippen molar-refractivity contribution in [2.45, 2.75) is 57.2 Å². The minimum atomic E-state index is -0.0234. The van der Waals surface area contributed by atoms with Gasteiger partial charge in [0.1, 0.15) is 0 Å². The smallest absolute Gasteiger partial charge is 0.233 e. The van der Waals surface area contributed by atoms with Crippen LogP contribution in [-0.4, -0.2) is 17.3 Å². The molecular weight excluding hydrogens is 254 g/mol. The van der Waals surface area contributed by atoms with E-state index in [1.165, 1.54) is 32.1 Å². The second kappa shape index (κ2) is 5.88. The van der Waals surface area contributed by atoms with Crippen LogP contribution in [0.15, 0.2) is 0 Å². The van der Waals surface area contributed by atoms with Gasteiger partial charge in [-0.1, -0.05) is 49.0 Å². The summed E-state index contributed by atoms with van der Waals surface area (Å²) in [6.07, 6.45) is 7.36. The van der Waals surface area contributed by atoms with E-state index in [1.807, 2.05) is 6.92 Å². The fourth-order valence-electron chi connectivity index (χ4n) is 2.18. The van der Waals surface area contributed by atoms with Gasteiger partial charge in [0.2, 0.25) is 5.91 Å². The molecule has 0 aromatic rings. The maximum atomic E-state index is 11.6. The van der Waals surface area contributed by atoms with Crippen molar-refractivity contribution in [2.24, 2.45) is 5.41 Å². The summed E-state index contributed by atoms with van der Waals surface area (Å²) in [7, 11) is 0. The minimum absolute atomic E-state index is 0.0234. The summed E-state index contributed by atoms with van der Waals surface area (Å²) in [5.74, 6) is 0.143. The van der Waals surface area contributed by atoms with Crippen molar-refractivity contribution in [3.63, 3.8) is 0 Å². The first kappa shape index (κ1) is 13.0. The molecule has 2 nitrogen and oxygen atoms in total. The van der Waals surface area contributed by atoms with Crippen LogP contribution in [0.3, 0.4) is 0 Å². The van der Waals surface area contributed by atoms with Crippen LogP contribution < -0.4 is 5.32 Å². The fourth-order valence-corrected chi connectivity index (χ4v) is 2.34. The molecule has 0 saturated heterocycles. The number of hydrogen-bond acceptors (Lipinski definition) is 1. The summed E-state index contributed by atoms with van der Waals surface area (Å²) in [4.78, 5) is 11.6. The normalized spacial score (nSPS) is 22.1. The highest BCUT2D eigenvalue weighted by atomic mass is 79.9. The Bertz CT molecular complexity index is 212. The topological polar surface area (TPSA) is 29.1 Å². The van der Waals surface area contributed by atoms with Crippen molar-refractivity contribution >= 4 is 21.8 Å². The van der Waals surface area contributed by atoms with Gasteiger partial charge < -0.3 is 5.32 Å². The largest absolute Gasteiger partial charge is 0.355 e. The van der Waals surface area contributed by atoms with Gasteiger partial charge in [0.05, 0.1) is 4.83 Å². The van der Waals surface area contributed by atoms with Crippen LogP contribution in [0.2, 0.25) is 0 Å². The van der Waals surface area contributed by atoms with Crippen LogP contribution >= 0.6 is 15.9 Å². The van der Waals surface area contributed by atoms with Crippen LogP contribution in [0.1, 0.15) is 52.4 Å². The number of hydrogen-bond donors (Lipinski definition) is 1. The van der Waals surface area contributed by atoms with Gasteiger partial charge in [0, 0.05) is 6.54 Å². The lowest BCUT2D eigenvalue weighted by Gasteiger charge is -2.33. The second-order valence-electron chi connectivity index (χ2n) is 4.96. The zero-order chi connectivity index (χ0) is 11.3. The molecule has 0 aromatic heterocycles. The number of amides is 1. The maximum Gasteiger partial charge on any atom is 0.233 e. The first-order chi connectivity index (χ1) is 7.07. The van der Waals surface area contributed by atoms with E-state index in [-0.39, 0.29) is 10.7 Å². The Morgan fingerprint density at radius 1 is 1.40 bits per heavy atom. The van der Waals surface area contributed by atoms with Crippen LogP contribution in [0.4, 0.5) is 0 Å². The van der Waals surface area contributed by atoms with Gasteiger partial charge in [0.15, 0.2) is 0 Å². The molecule has 1 saturated carbocycles. The zero-order valence-electron chi connectivity index (χ0n) is 9.81. The van der Waals surface area contributed by atoms with Gasteiger partial charge in [-0.15, -0.1) is 0 Å². The average molecular weight is 276 g/mol. The lowest BCUT2D eigenvalue weighted by Crippen LogP contribution is -2.40. The Morgan fingerprint density at radius 3 is 2.53 bits per heavy atom. The molecule has 1 fully saturated rings. The van der Waals surface area contributed by atoms with Gasteiger partial charge in [-0.25, -0.2) is 0 Å². The number of carbonyl (C=O) groups is 1. The van der Waals surface area contributed by atoms with E-state index >= 15 is 0 Å². The van der Waals surface area contributed by atoms with E-state index in [2.05, 4.69) is 28.2 Å². The quantitative estimate of drug-likeness (QED) is 0.785. The molecule has 88 valence electrons. The molecule has 1 aliphatic rings. The van der Waals surface area contributed by atoms with E-state index in [9.17, 15) is 4.79 Å². The van der Waals surface area contributed by atoms with Gasteiger partial charge in [-0.05, 0) is 24.7 Å². The zero-order valence-corrected chi connectivity index (χ0v) is 11.4. The molecule has 1 rings (SSSR count). The molecule has 3 heteroatoms. The van der Waals surface area contributed by atoms with E-state index in [4.69, 9.17) is 0 Å². The van der Waals surface area contributed by atoms with Crippen molar-refractivity contribution in [1.82, 2.24) is 5.32 Å². The molecule has 0 radical (unpaired) electrons. The Kier molecular flexibility index (Phi) is 5.10. The highest BCUT2D eigenvalue weighted by molar-refractivity contribution is 9.10. The minimum Gasteiger partial charge on any atom is -0.355 e. The molecule has 0 heterocycles. The molecule has 1 aliphatic carbocycles. The predicted molar refractivity (Wildman–Crippen MR) is 67.2 cm³/mol. The SMILES string of the molecule is CCC(Br)C(=O)NCC1(C)CCCCC1. The van der Waals surface area contributed by atoms with Crippen molar-refractivity contribution in [3.05, 3.63) is 0 Å². The monoisotopic (exact) mass is 275 g/mol. The third-order valence-electron chi connectivity index (χ3n) is 3.39. The molecule has 0 bridgehead atoms. The Balaban J connectivity index is 2.31. The van der Waals surface area contributed by atoms with Crippen molar-refractivity contribution in [1.29, 1.82) is 0 Å². The molecule has 1 unspecified atom stereocenters. The second-order valence-corrected chi connectivity index (χ2v) is 6.07. The molecule has 1 atom stereocenters. The van der Waals surface area contributed by atoms with Crippen molar-refractivity contribution in [2.75, 3.05) is 6.54 Å². The van der Waals surface area contributed by atoms with Gasteiger partial charge in [0.25, 0.3) is 0 Å². The van der Waals surface area contributed by atoms with E-state index in [1.54, 1.807) is 0 Å². The lowest BCUT2D eigenvalue weighted by atomic mass is 9.76. The van der Waals surface area contributed by atoms with Gasteiger partial charge in [-0.2, -0.15) is 0 Å². The lowest BCUT2D eigenvalue weighted by molar-refractivity contribution is -0.121. The van der Waals surface area contributed by atoms with Gasteiger partial charge in [-0.3, -0.25) is 4.79 Å². The summed E-state index contributed by atoms with van der Waals surface area (Å²) in [6, 6.07) is 0. The number of carbonyl (C=O) groups excluding carboxylic acids is 1. The summed E-state index contributed by atoms with van der Waals surface area (Å²) in [6.45, 7) is 5.15. The number of halogens is 1. The molecule has 15 heavy (non-hydrogen) atoms. The molecule has 1 N–H and O–H groups in total. The van der Waals surface area contributed by atoms with E-state index < -0.39 is 0 Å². The molecule has 0 aromatic carbocycles. The number of alkyl halides is 1. The highest BCUT2D eigenvalue weighted by Gasteiger charge is 2.27. The van der Waals surface area contributed by atoms with Crippen molar-refractivity contribution in [3.8, 4) is 0 Å². The Morgan fingerprint density at radius 2 is 2.00 bits per heavy atom. The molecule has 0 spiro atoms. The fraction of sp³-hybridized carbons (Fsp3) is 0.917. The molecule has 0 aliphatic heterocycles. The van der Waals surface area contributed by atoms with Crippen LogP contribution in [-0.2, 0) is 4.79 Å². The predicted octanol–water partition coefficient (Wildman–Crippen LogP) is 3.25. The standard InChI is InChI=1S/C12H22BrNO/c1-3-10(13)11(15)14-9-12(2)7-5-4-6-8-12/h10H,3-9H2,1-2H3,(H,14,15). The summed E-state index contributed by atoms with van der Waals surface area (Å²) in [5.41, 5.74) is 0.342. The maximum absolute atomic E-state index is 11.6. The van der Waals surface area contributed by atoms with Crippen molar-refractivity contribution < 1.29 is 4.79 Å². The summed E-state index contributed by atoms with van der Waals surface area (Å²) >= 11 is 3.37. The third-order valence-corrected chi connectivity index (χ3v) is 4.46. The third kappa shape index (κ3) is 4.13. The summed E-state index contributed by atoms with van der Waals surface area (Å²) < 4.78 is 0. The Hall–Kier alpha value is -0.0500. The average Bonchev–Trinajstić information content (AvgIpc) is 2.26. The van der Waals surface area contributed by atoms with Crippen LogP contribution in [0.25, 0.3) is 0 Å². The van der Waals surface area contributed by atoms with E-state index in [0.717, 1.165) is 13.0 Å². The Labute approximate surface area is 101 Å². The molecule has 1 amide bonds. The highest BCUT2D eigenvalue weighted by Crippen LogP contribution is 2.34. The first-order valence-corrected chi connectivity index (χ1v) is 6.91. The van der Waals surface area contributed by atoms with Gasteiger partial charge >= 0.3 is 0 Å². The number of nitrogens with one attached hydrogen (secondary N) is 1. The number of rotatable bonds is 4. The van der Waals surface area contributed by atoms with Crippen LogP contribution in [0.5, 0.6) is 0 Å².